The van der Waals surface area contributed by atoms with Gasteiger partial charge in [0.1, 0.15) is 5.52 Å². The summed E-state index contributed by atoms with van der Waals surface area (Å²) in [6.07, 6.45) is 0. The summed E-state index contributed by atoms with van der Waals surface area (Å²) in [5, 5.41) is 3.38. The third kappa shape index (κ3) is 3.86. The highest BCUT2D eigenvalue weighted by atomic mass is 35.5. The number of nitrogens with one attached hydrogen (secondary N) is 1. The van der Waals surface area contributed by atoms with E-state index in [1.54, 1.807) is 12.1 Å². The second-order valence-corrected chi connectivity index (χ2v) is 7.77. The first-order valence-electron chi connectivity index (χ1n) is 9.18. The molecule has 1 N–H and O–H groups in total. The Labute approximate surface area is 183 Å². The molecule has 0 radical (unpaired) electrons. The smallest absolute Gasteiger partial charge is 0.255 e. The van der Waals surface area contributed by atoms with Crippen LogP contribution in [0.1, 0.15) is 21.5 Å². The lowest BCUT2D eigenvalue weighted by atomic mass is 10.1. The Bertz CT molecular complexity index is 1260. The standard InChI is InChI=1S/C23H18Cl2N2O3/c1-12-7-13(2)20-19(8-12)27-23(30-20)14-5-4-6-16(9-14)26-22(28)15-10-17(24)21(29-3)18(25)11-15/h4-11H,1-3H3,(H,26,28). The molecule has 0 bridgehead atoms. The van der Waals surface area contributed by atoms with Crippen molar-refractivity contribution < 1.29 is 13.9 Å². The molecule has 0 fully saturated rings. The van der Waals surface area contributed by atoms with Gasteiger partial charge in [0.05, 0.1) is 17.2 Å². The number of carbonyl (C=O) groups is 1. The van der Waals surface area contributed by atoms with Gasteiger partial charge >= 0.3 is 0 Å². The van der Waals surface area contributed by atoms with E-state index in [1.807, 2.05) is 32.0 Å². The maximum atomic E-state index is 12.7. The first kappa shape index (κ1) is 20.3. The minimum absolute atomic E-state index is 0.265. The van der Waals surface area contributed by atoms with Crippen molar-refractivity contribution in [2.75, 3.05) is 12.4 Å². The van der Waals surface area contributed by atoms with Gasteiger partial charge in [-0.05, 0) is 61.4 Å². The predicted octanol–water partition coefficient (Wildman–Crippen LogP) is 6.68. The first-order chi connectivity index (χ1) is 14.4. The number of nitrogens with zero attached hydrogens (tertiary/aromatic N) is 1. The van der Waals surface area contributed by atoms with Crippen LogP contribution in [0.4, 0.5) is 5.69 Å². The van der Waals surface area contributed by atoms with Gasteiger partial charge in [-0.15, -0.1) is 0 Å². The number of amides is 1. The number of aryl methyl sites for hydroxylation is 2. The van der Waals surface area contributed by atoms with Crippen LogP contribution in [0, 0.1) is 13.8 Å². The normalized spacial score (nSPS) is 11.0. The zero-order valence-electron chi connectivity index (χ0n) is 16.5. The largest absolute Gasteiger partial charge is 0.494 e. The summed E-state index contributed by atoms with van der Waals surface area (Å²) in [6, 6.07) is 14.4. The third-order valence-corrected chi connectivity index (χ3v) is 5.21. The molecular formula is C23H18Cl2N2O3. The molecule has 0 spiro atoms. The molecule has 0 atom stereocenters. The maximum absolute atomic E-state index is 12.7. The Morgan fingerprint density at radius 1 is 1.07 bits per heavy atom. The predicted molar refractivity (Wildman–Crippen MR) is 120 cm³/mol. The summed E-state index contributed by atoms with van der Waals surface area (Å²) in [5.41, 5.74) is 5.39. The molecule has 4 aromatic rings. The average Bonchev–Trinajstić information content (AvgIpc) is 3.12. The van der Waals surface area contributed by atoms with Crippen molar-refractivity contribution in [3.63, 3.8) is 0 Å². The second-order valence-electron chi connectivity index (χ2n) is 6.96. The summed E-state index contributed by atoms with van der Waals surface area (Å²) in [4.78, 5) is 17.3. The van der Waals surface area contributed by atoms with Crippen molar-refractivity contribution in [3.8, 4) is 17.2 Å². The number of halogens is 2. The molecule has 0 aliphatic carbocycles. The highest BCUT2D eigenvalue weighted by Crippen LogP contribution is 2.34. The topological polar surface area (TPSA) is 64.4 Å². The number of hydrogen-bond acceptors (Lipinski definition) is 4. The van der Waals surface area contributed by atoms with Gasteiger partial charge in [-0.2, -0.15) is 0 Å². The zero-order chi connectivity index (χ0) is 21.4. The molecule has 1 amide bonds. The fourth-order valence-electron chi connectivity index (χ4n) is 3.32. The molecule has 3 aromatic carbocycles. The Balaban J connectivity index is 1.63. The van der Waals surface area contributed by atoms with Gasteiger partial charge < -0.3 is 14.5 Å². The van der Waals surface area contributed by atoms with E-state index in [2.05, 4.69) is 16.4 Å². The lowest BCUT2D eigenvalue weighted by Crippen LogP contribution is -2.12. The Hall–Kier alpha value is -3.02. The number of carbonyl (C=O) groups excluding carboxylic acids is 1. The zero-order valence-corrected chi connectivity index (χ0v) is 18.1. The summed E-state index contributed by atoms with van der Waals surface area (Å²) in [6.45, 7) is 4.01. The van der Waals surface area contributed by atoms with E-state index in [1.165, 1.54) is 19.2 Å². The molecule has 0 aliphatic rings. The minimum atomic E-state index is -0.345. The van der Waals surface area contributed by atoms with Crippen LogP contribution in [0.25, 0.3) is 22.6 Å². The molecule has 4 rings (SSSR count). The lowest BCUT2D eigenvalue weighted by Gasteiger charge is -2.10. The fourth-order valence-corrected chi connectivity index (χ4v) is 3.96. The van der Waals surface area contributed by atoms with Crippen LogP contribution in [0.3, 0.4) is 0 Å². The summed E-state index contributed by atoms with van der Waals surface area (Å²) in [5.74, 6) is 0.478. The van der Waals surface area contributed by atoms with Crippen LogP contribution in [-0.2, 0) is 0 Å². The molecule has 0 unspecified atom stereocenters. The van der Waals surface area contributed by atoms with Crippen molar-refractivity contribution in [2.24, 2.45) is 0 Å². The summed E-state index contributed by atoms with van der Waals surface area (Å²) >= 11 is 12.3. The van der Waals surface area contributed by atoms with E-state index in [9.17, 15) is 4.79 Å². The molecule has 1 heterocycles. The van der Waals surface area contributed by atoms with Gasteiger partial charge in [0.2, 0.25) is 5.89 Å². The van der Waals surface area contributed by atoms with Crippen molar-refractivity contribution in [1.82, 2.24) is 4.98 Å². The van der Waals surface area contributed by atoms with Crippen LogP contribution in [0.2, 0.25) is 10.0 Å². The monoisotopic (exact) mass is 440 g/mol. The summed E-state index contributed by atoms with van der Waals surface area (Å²) < 4.78 is 11.1. The molecular weight excluding hydrogens is 423 g/mol. The highest BCUT2D eigenvalue weighted by Gasteiger charge is 2.15. The van der Waals surface area contributed by atoms with Crippen LogP contribution in [0.15, 0.2) is 52.9 Å². The fraction of sp³-hybridized carbons (Fsp3) is 0.130. The second kappa shape index (κ2) is 8.01. The quantitative estimate of drug-likeness (QED) is 0.384. The highest BCUT2D eigenvalue weighted by molar-refractivity contribution is 6.37. The van der Waals surface area contributed by atoms with Crippen LogP contribution in [0.5, 0.6) is 5.75 Å². The van der Waals surface area contributed by atoms with Gasteiger partial charge in [-0.25, -0.2) is 4.98 Å². The lowest BCUT2D eigenvalue weighted by molar-refractivity contribution is 0.102. The molecule has 30 heavy (non-hydrogen) atoms. The number of ether oxygens (including phenoxy) is 1. The Morgan fingerprint density at radius 2 is 1.80 bits per heavy atom. The average molecular weight is 441 g/mol. The number of fused-ring (bicyclic) bond motifs is 1. The van der Waals surface area contributed by atoms with Crippen LogP contribution in [-0.4, -0.2) is 18.0 Å². The number of methoxy groups -OCH3 is 1. The van der Waals surface area contributed by atoms with Crippen molar-refractivity contribution in [1.29, 1.82) is 0 Å². The van der Waals surface area contributed by atoms with Crippen molar-refractivity contribution in [3.05, 3.63) is 75.3 Å². The summed E-state index contributed by atoms with van der Waals surface area (Å²) in [7, 11) is 1.47. The van der Waals surface area contributed by atoms with Gasteiger partial charge in [0.25, 0.3) is 5.91 Å². The number of anilines is 1. The van der Waals surface area contributed by atoms with E-state index in [-0.39, 0.29) is 16.0 Å². The van der Waals surface area contributed by atoms with Gasteiger partial charge in [0, 0.05) is 16.8 Å². The van der Waals surface area contributed by atoms with E-state index < -0.39 is 0 Å². The van der Waals surface area contributed by atoms with Crippen LogP contribution < -0.4 is 10.1 Å². The van der Waals surface area contributed by atoms with Crippen molar-refractivity contribution >= 4 is 45.9 Å². The number of benzene rings is 3. The molecule has 1 aromatic heterocycles. The molecule has 5 nitrogen and oxygen atoms in total. The Kier molecular flexibility index (Phi) is 5.41. The van der Waals surface area contributed by atoms with E-state index in [0.717, 1.165) is 27.8 Å². The third-order valence-electron chi connectivity index (χ3n) is 4.65. The molecule has 0 saturated heterocycles. The van der Waals surface area contributed by atoms with E-state index in [0.29, 0.717) is 22.9 Å². The SMILES string of the molecule is COc1c(Cl)cc(C(=O)Nc2cccc(-c3nc4cc(C)cc(C)c4o3)c2)cc1Cl. The molecule has 7 heteroatoms. The molecule has 152 valence electrons. The number of hydrogen-bond donors (Lipinski definition) is 1. The number of rotatable bonds is 4. The van der Waals surface area contributed by atoms with Crippen LogP contribution >= 0.6 is 23.2 Å². The first-order valence-corrected chi connectivity index (χ1v) is 9.94. The maximum Gasteiger partial charge on any atom is 0.255 e. The molecule has 0 aliphatic heterocycles. The van der Waals surface area contributed by atoms with Crippen molar-refractivity contribution in [2.45, 2.75) is 13.8 Å². The van der Waals surface area contributed by atoms with E-state index in [4.69, 9.17) is 32.4 Å². The minimum Gasteiger partial charge on any atom is -0.494 e. The van der Waals surface area contributed by atoms with Gasteiger partial charge in [-0.3, -0.25) is 4.79 Å². The molecule has 0 saturated carbocycles. The number of oxazole rings is 1. The van der Waals surface area contributed by atoms with E-state index >= 15 is 0 Å². The van der Waals surface area contributed by atoms with Gasteiger partial charge in [-0.1, -0.05) is 35.3 Å². The number of aromatic nitrogens is 1. The Morgan fingerprint density at radius 3 is 2.50 bits per heavy atom. The van der Waals surface area contributed by atoms with Gasteiger partial charge in [0.15, 0.2) is 11.3 Å².